The molecule has 0 bridgehead atoms. The highest BCUT2D eigenvalue weighted by atomic mass is 35.5. The topological polar surface area (TPSA) is 118 Å². The van der Waals surface area contributed by atoms with Gasteiger partial charge >= 0.3 is 11.8 Å². The monoisotopic (exact) mass is 492 g/mol. The second kappa shape index (κ2) is 12.2. The third-order valence-electron chi connectivity index (χ3n) is 4.51. The van der Waals surface area contributed by atoms with E-state index in [1.807, 2.05) is 0 Å². The standard InChI is InChI=1S/C22H22Cl2N4O5/c23-15-8-16(24)10-17(9-15)27-20(29)13-33-19-6-2-1-4-14(19)11-26-28-22(31)21(30)25-12-18-5-3-7-32-18/h1-2,4,6,8-11,18H,3,5,7,12-13H2,(H,25,30)(H,27,29)(H,28,31)/b26-11-/t18-/m1/s1. The fraction of sp³-hybridized carbons (Fsp3) is 0.273. The smallest absolute Gasteiger partial charge is 0.329 e. The molecule has 0 aliphatic carbocycles. The van der Waals surface area contributed by atoms with Crippen LogP contribution in [-0.2, 0) is 19.1 Å². The predicted molar refractivity (Wildman–Crippen MR) is 125 cm³/mol. The molecule has 1 saturated heterocycles. The summed E-state index contributed by atoms with van der Waals surface area (Å²) >= 11 is 11.8. The van der Waals surface area contributed by atoms with Crippen LogP contribution >= 0.6 is 23.2 Å². The number of carbonyl (C=O) groups is 3. The molecule has 3 amide bonds. The molecule has 0 radical (unpaired) electrons. The number of carbonyl (C=O) groups excluding carboxylic acids is 3. The van der Waals surface area contributed by atoms with Gasteiger partial charge < -0.3 is 20.1 Å². The molecule has 174 valence electrons. The van der Waals surface area contributed by atoms with Crippen LogP contribution in [-0.4, -0.2) is 49.8 Å². The van der Waals surface area contributed by atoms with Crippen LogP contribution in [0.2, 0.25) is 10.0 Å². The Kier molecular flexibility index (Phi) is 9.05. The van der Waals surface area contributed by atoms with Gasteiger partial charge in [-0.2, -0.15) is 5.10 Å². The molecule has 11 heteroatoms. The van der Waals surface area contributed by atoms with Crippen molar-refractivity contribution in [1.29, 1.82) is 0 Å². The van der Waals surface area contributed by atoms with Gasteiger partial charge in [0.05, 0.1) is 12.3 Å². The molecular formula is C22H22Cl2N4O5. The van der Waals surface area contributed by atoms with Crippen LogP contribution in [0.15, 0.2) is 47.6 Å². The number of nitrogens with zero attached hydrogens (tertiary/aromatic N) is 1. The third kappa shape index (κ3) is 8.05. The molecule has 1 fully saturated rings. The number of nitrogens with one attached hydrogen (secondary N) is 3. The summed E-state index contributed by atoms with van der Waals surface area (Å²) in [5, 5.41) is 9.72. The van der Waals surface area contributed by atoms with Crippen molar-refractivity contribution in [1.82, 2.24) is 10.7 Å². The number of hydrogen-bond donors (Lipinski definition) is 3. The average molecular weight is 493 g/mol. The number of para-hydroxylation sites is 1. The Morgan fingerprint density at radius 2 is 1.88 bits per heavy atom. The fourth-order valence-electron chi connectivity index (χ4n) is 2.99. The first-order valence-corrected chi connectivity index (χ1v) is 10.9. The first-order chi connectivity index (χ1) is 15.9. The summed E-state index contributed by atoms with van der Waals surface area (Å²) in [6.07, 6.45) is 3.04. The fourth-order valence-corrected chi connectivity index (χ4v) is 3.51. The molecule has 3 rings (SSSR count). The number of hydrazone groups is 1. The largest absolute Gasteiger partial charge is 0.483 e. The maximum atomic E-state index is 12.2. The minimum absolute atomic E-state index is 0.0673. The van der Waals surface area contributed by atoms with Gasteiger partial charge in [-0.25, -0.2) is 5.43 Å². The SMILES string of the molecule is O=C(COc1ccccc1/C=N\NC(=O)C(=O)NC[C@H]1CCCO1)Nc1cc(Cl)cc(Cl)c1. The van der Waals surface area contributed by atoms with E-state index in [1.165, 1.54) is 6.21 Å². The van der Waals surface area contributed by atoms with Crippen molar-refractivity contribution >= 4 is 52.8 Å². The number of ether oxygens (including phenoxy) is 2. The Morgan fingerprint density at radius 3 is 2.61 bits per heavy atom. The zero-order chi connectivity index (χ0) is 23.6. The minimum Gasteiger partial charge on any atom is -0.483 e. The van der Waals surface area contributed by atoms with Crippen LogP contribution in [0.3, 0.4) is 0 Å². The Hall–Kier alpha value is -3.14. The molecular weight excluding hydrogens is 471 g/mol. The second-order valence-electron chi connectivity index (χ2n) is 7.08. The van der Waals surface area contributed by atoms with E-state index >= 15 is 0 Å². The van der Waals surface area contributed by atoms with Gasteiger partial charge in [-0.1, -0.05) is 35.3 Å². The van der Waals surface area contributed by atoms with E-state index < -0.39 is 17.7 Å². The molecule has 0 spiro atoms. The van der Waals surface area contributed by atoms with Crippen LogP contribution in [0.4, 0.5) is 5.69 Å². The predicted octanol–water partition coefficient (Wildman–Crippen LogP) is 2.76. The maximum Gasteiger partial charge on any atom is 0.329 e. The molecule has 3 N–H and O–H groups in total. The van der Waals surface area contributed by atoms with Gasteiger partial charge in [-0.3, -0.25) is 14.4 Å². The van der Waals surface area contributed by atoms with Gasteiger partial charge in [-0.05, 0) is 43.2 Å². The molecule has 0 unspecified atom stereocenters. The van der Waals surface area contributed by atoms with Gasteiger partial charge in [0.15, 0.2) is 6.61 Å². The molecule has 0 saturated carbocycles. The van der Waals surface area contributed by atoms with E-state index in [0.29, 0.717) is 33.7 Å². The van der Waals surface area contributed by atoms with Crippen molar-refractivity contribution in [3.8, 4) is 5.75 Å². The molecule has 0 aromatic heterocycles. The van der Waals surface area contributed by atoms with Gasteiger partial charge in [0.1, 0.15) is 5.75 Å². The average Bonchev–Trinajstić information content (AvgIpc) is 3.29. The van der Waals surface area contributed by atoms with E-state index in [4.69, 9.17) is 32.7 Å². The zero-order valence-electron chi connectivity index (χ0n) is 17.5. The van der Waals surface area contributed by atoms with Crippen LogP contribution in [0.25, 0.3) is 0 Å². The van der Waals surface area contributed by atoms with Gasteiger partial charge in [0.2, 0.25) is 0 Å². The lowest BCUT2D eigenvalue weighted by atomic mass is 10.2. The van der Waals surface area contributed by atoms with Crippen molar-refractivity contribution in [3.63, 3.8) is 0 Å². The van der Waals surface area contributed by atoms with Crippen LogP contribution in [0.1, 0.15) is 18.4 Å². The van der Waals surface area contributed by atoms with E-state index in [2.05, 4.69) is 21.2 Å². The number of hydrogen-bond acceptors (Lipinski definition) is 6. The lowest BCUT2D eigenvalue weighted by molar-refractivity contribution is -0.139. The molecule has 1 aliphatic rings. The molecule has 1 heterocycles. The van der Waals surface area contributed by atoms with Crippen molar-refractivity contribution in [2.45, 2.75) is 18.9 Å². The van der Waals surface area contributed by atoms with E-state index in [1.54, 1.807) is 42.5 Å². The number of rotatable bonds is 8. The summed E-state index contributed by atoms with van der Waals surface area (Å²) in [4.78, 5) is 35.9. The molecule has 1 atom stereocenters. The van der Waals surface area contributed by atoms with Crippen LogP contribution < -0.4 is 20.8 Å². The van der Waals surface area contributed by atoms with Gasteiger partial charge in [0.25, 0.3) is 5.91 Å². The van der Waals surface area contributed by atoms with Crippen molar-refractivity contribution in [2.75, 3.05) is 25.1 Å². The van der Waals surface area contributed by atoms with Crippen molar-refractivity contribution in [2.24, 2.45) is 5.10 Å². The van der Waals surface area contributed by atoms with E-state index in [-0.39, 0.29) is 19.3 Å². The molecule has 2 aromatic rings. The zero-order valence-corrected chi connectivity index (χ0v) is 19.0. The highest BCUT2D eigenvalue weighted by Gasteiger charge is 2.19. The van der Waals surface area contributed by atoms with E-state index in [9.17, 15) is 14.4 Å². The quantitative estimate of drug-likeness (QED) is 0.297. The van der Waals surface area contributed by atoms with Crippen molar-refractivity contribution < 1.29 is 23.9 Å². The first-order valence-electron chi connectivity index (χ1n) is 10.1. The third-order valence-corrected chi connectivity index (χ3v) is 4.95. The summed E-state index contributed by atoms with van der Waals surface area (Å²) in [5.74, 6) is -1.76. The van der Waals surface area contributed by atoms with Crippen LogP contribution in [0.5, 0.6) is 5.75 Å². The number of halogens is 2. The lowest BCUT2D eigenvalue weighted by Crippen LogP contribution is -2.41. The van der Waals surface area contributed by atoms with Crippen LogP contribution in [0, 0.1) is 0 Å². The normalized spacial score (nSPS) is 15.3. The number of amides is 3. The maximum absolute atomic E-state index is 12.2. The molecule has 9 nitrogen and oxygen atoms in total. The second-order valence-corrected chi connectivity index (χ2v) is 7.95. The lowest BCUT2D eigenvalue weighted by Gasteiger charge is -2.10. The molecule has 33 heavy (non-hydrogen) atoms. The highest BCUT2D eigenvalue weighted by molar-refractivity contribution is 6.35. The summed E-state index contributed by atoms with van der Waals surface area (Å²) < 4.78 is 10.9. The Balaban J connectivity index is 1.48. The Labute approximate surface area is 200 Å². The summed E-state index contributed by atoms with van der Waals surface area (Å²) in [5.41, 5.74) is 3.10. The minimum atomic E-state index is -0.901. The van der Waals surface area contributed by atoms with Gasteiger partial charge in [-0.15, -0.1) is 0 Å². The number of benzene rings is 2. The summed E-state index contributed by atoms with van der Waals surface area (Å²) in [6.45, 7) is 0.651. The summed E-state index contributed by atoms with van der Waals surface area (Å²) in [7, 11) is 0. The van der Waals surface area contributed by atoms with Gasteiger partial charge in [0, 0.05) is 34.4 Å². The Bertz CT molecular complexity index is 1020. The number of anilines is 1. The van der Waals surface area contributed by atoms with E-state index in [0.717, 1.165) is 12.8 Å². The first kappa shape index (κ1) is 24.5. The van der Waals surface area contributed by atoms with Crippen molar-refractivity contribution in [3.05, 3.63) is 58.1 Å². The molecule has 2 aromatic carbocycles. The highest BCUT2D eigenvalue weighted by Crippen LogP contribution is 2.22. The Morgan fingerprint density at radius 1 is 1.12 bits per heavy atom. The molecule has 1 aliphatic heterocycles. The summed E-state index contributed by atoms with van der Waals surface area (Å²) in [6, 6.07) is 11.4.